The van der Waals surface area contributed by atoms with Gasteiger partial charge in [0.1, 0.15) is 21.3 Å². The average Bonchev–Trinajstić information content (AvgIpc) is 3.17. The van der Waals surface area contributed by atoms with Crippen LogP contribution in [0.5, 0.6) is 0 Å². The number of hydrogen-bond acceptors (Lipinski definition) is 11. The predicted molar refractivity (Wildman–Crippen MR) is 158 cm³/mol. The summed E-state index contributed by atoms with van der Waals surface area (Å²) in [5, 5.41) is 4.10. The van der Waals surface area contributed by atoms with Gasteiger partial charge in [0.15, 0.2) is 19.1 Å². The smallest absolute Gasteiger partial charge is 0.356 e. The molecule has 2 unspecified atom stereocenters. The Morgan fingerprint density at radius 1 is 1.25 bits per heavy atom. The minimum Gasteiger partial charge on any atom is -0.457 e. The molecule has 0 N–H and O–H groups in total. The van der Waals surface area contributed by atoms with E-state index in [2.05, 4.69) is 10.1 Å². The standard InChI is InChI=1S/C24H29BCl2N3O7PS2/c1-11-28-16(18(27)40-11)15(29-37-24(5,6)22(34)35-23(2,3)4)14(31)8-13-19(32)30-17(21(33)36-38(7)25)12(9-26)10-39-20(13)30/h13,20H,8-10H2,1-7H3/b29-15+/t13-,20?,38?/m1/s1. The van der Waals surface area contributed by atoms with Gasteiger partial charge in [-0.25, -0.2) is 14.6 Å². The maximum Gasteiger partial charge on any atom is 0.356 e. The molecule has 216 valence electrons. The maximum atomic E-state index is 13.6. The van der Waals surface area contributed by atoms with Gasteiger partial charge in [-0.05, 0) is 53.8 Å². The first-order valence-electron chi connectivity index (χ1n) is 12.1. The van der Waals surface area contributed by atoms with Crippen LogP contribution < -0.4 is 0 Å². The summed E-state index contributed by atoms with van der Waals surface area (Å²) in [6.07, 6.45) is -0.259. The number of esters is 1. The molecule has 0 bridgehead atoms. The summed E-state index contributed by atoms with van der Waals surface area (Å²) >= 11 is 14.9. The Bertz CT molecular complexity index is 1280. The van der Waals surface area contributed by atoms with E-state index in [0.717, 1.165) is 11.3 Å². The van der Waals surface area contributed by atoms with Gasteiger partial charge in [-0.3, -0.25) is 14.5 Å². The minimum absolute atomic E-state index is 0.0347. The lowest BCUT2D eigenvalue weighted by atomic mass is 9.89. The van der Waals surface area contributed by atoms with Crippen molar-refractivity contribution in [2.45, 2.75) is 64.5 Å². The van der Waals surface area contributed by atoms with Crippen LogP contribution in [0.3, 0.4) is 0 Å². The topological polar surface area (TPSA) is 124 Å². The monoisotopic (exact) mass is 647 g/mol. The number of oxime groups is 1. The number of nitrogens with zero attached hydrogens (tertiary/aromatic N) is 3. The van der Waals surface area contributed by atoms with Gasteiger partial charge in [-0.2, -0.15) is 0 Å². The molecule has 1 aromatic rings. The average molecular weight is 648 g/mol. The number of aromatic nitrogens is 1. The van der Waals surface area contributed by atoms with Gasteiger partial charge in [-0.1, -0.05) is 16.8 Å². The van der Waals surface area contributed by atoms with E-state index in [1.54, 1.807) is 34.4 Å². The molecule has 3 rings (SSSR count). The summed E-state index contributed by atoms with van der Waals surface area (Å²) in [4.78, 5) is 63.4. The van der Waals surface area contributed by atoms with Crippen LogP contribution in [0.1, 0.15) is 51.7 Å². The Balaban J connectivity index is 1.87. The molecular weight excluding hydrogens is 619 g/mol. The van der Waals surface area contributed by atoms with Crippen molar-refractivity contribution in [3.05, 3.63) is 26.3 Å². The van der Waals surface area contributed by atoms with Crippen LogP contribution >= 0.6 is 54.3 Å². The van der Waals surface area contributed by atoms with Crippen molar-refractivity contribution < 1.29 is 33.3 Å². The lowest BCUT2D eigenvalue weighted by Crippen LogP contribution is -2.62. The van der Waals surface area contributed by atoms with Crippen LogP contribution in [0, 0.1) is 12.8 Å². The van der Waals surface area contributed by atoms with Crippen molar-refractivity contribution >= 4 is 91.2 Å². The lowest BCUT2D eigenvalue weighted by Gasteiger charge is -2.49. The summed E-state index contributed by atoms with van der Waals surface area (Å²) in [6.45, 7) is 11.3. The maximum absolute atomic E-state index is 13.6. The van der Waals surface area contributed by atoms with Gasteiger partial charge in [0, 0.05) is 26.1 Å². The van der Waals surface area contributed by atoms with Gasteiger partial charge in [-0.15, -0.1) is 34.7 Å². The summed E-state index contributed by atoms with van der Waals surface area (Å²) in [5.41, 5.74) is -1.83. The number of hydrogen-bond donors (Lipinski definition) is 0. The van der Waals surface area contributed by atoms with Gasteiger partial charge < -0.3 is 14.1 Å². The highest BCUT2D eigenvalue weighted by Gasteiger charge is 2.54. The van der Waals surface area contributed by atoms with E-state index >= 15 is 0 Å². The van der Waals surface area contributed by atoms with Crippen LogP contribution in [0.4, 0.5) is 0 Å². The molecule has 2 aliphatic heterocycles. The molecule has 0 aliphatic carbocycles. The predicted octanol–water partition coefficient (Wildman–Crippen LogP) is 4.58. The first kappa shape index (κ1) is 32.9. The number of thioether (sulfide) groups is 1. The molecule has 1 saturated heterocycles. The van der Waals surface area contributed by atoms with E-state index in [-0.39, 0.29) is 33.7 Å². The molecule has 0 spiro atoms. The summed E-state index contributed by atoms with van der Waals surface area (Å²) < 4.78 is 10.8. The van der Waals surface area contributed by atoms with Crippen molar-refractivity contribution in [2.75, 3.05) is 18.3 Å². The third kappa shape index (κ3) is 7.40. The van der Waals surface area contributed by atoms with Crippen LogP contribution in [0.2, 0.25) is 4.34 Å². The number of halogens is 2. The van der Waals surface area contributed by atoms with Crippen molar-refractivity contribution in [3.8, 4) is 0 Å². The zero-order valence-electron chi connectivity index (χ0n) is 23.1. The molecule has 10 nitrogen and oxygen atoms in total. The number of fused-ring (bicyclic) bond motifs is 1. The van der Waals surface area contributed by atoms with Gasteiger partial charge >= 0.3 is 11.9 Å². The number of carbonyl (C=O) groups is 4. The molecule has 16 heteroatoms. The third-order valence-electron chi connectivity index (χ3n) is 5.58. The number of Topliss-reactive ketones (excluding diaryl/α,β-unsaturated/α-hetero) is 1. The lowest BCUT2D eigenvalue weighted by molar-refractivity contribution is -0.179. The Hall–Kier alpha value is -1.66. The SMILES string of the molecule is [B]P(C)OC(=O)C1=C(CCl)CSC2[C@H](CC(=O)/C(=N\OC(C)(C)C(=O)OC(C)(C)C)c3nc(C)sc3Cl)C(=O)N12. The molecule has 1 amide bonds. The zero-order valence-corrected chi connectivity index (χ0v) is 27.1. The van der Waals surface area contributed by atoms with E-state index < -0.39 is 54.1 Å². The molecule has 0 saturated carbocycles. The highest BCUT2D eigenvalue weighted by Crippen LogP contribution is 2.46. The fourth-order valence-electron chi connectivity index (χ4n) is 3.75. The first-order valence-corrected chi connectivity index (χ1v) is 16.6. The molecule has 3 heterocycles. The van der Waals surface area contributed by atoms with E-state index in [9.17, 15) is 19.2 Å². The highest BCUT2D eigenvalue weighted by molar-refractivity contribution is 8.00. The van der Waals surface area contributed by atoms with Crippen LogP contribution in [0.25, 0.3) is 0 Å². The van der Waals surface area contributed by atoms with E-state index in [0.29, 0.717) is 16.3 Å². The number of alkyl halides is 1. The third-order valence-corrected chi connectivity index (χ3v) is 8.92. The first-order chi connectivity index (χ1) is 18.5. The van der Waals surface area contributed by atoms with E-state index in [4.69, 9.17) is 44.9 Å². The summed E-state index contributed by atoms with van der Waals surface area (Å²) in [5.74, 6) is -2.76. The van der Waals surface area contributed by atoms with Crippen LogP contribution in [-0.2, 0) is 33.3 Å². The summed E-state index contributed by atoms with van der Waals surface area (Å²) in [6, 6.07) is 0. The molecule has 0 aromatic carbocycles. The second-order valence-corrected chi connectivity index (χ2v) is 15.0. The number of amides is 1. The molecule has 1 aromatic heterocycles. The Kier molecular flexibility index (Phi) is 10.4. The van der Waals surface area contributed by atoms with Crippen molar-refractivity contribution in [2.24, 2.45) is 11.1 Å². The fourth-order valence-corrected chi connectivity index (χ4v) is 6.95. The number of ether oxygens (including phenoxy) is 1. The number of carbonyl (C=O) groups excluding carboxylic acids is 4. The largest absolute Gasteiger partial charge is 0.457 e. The number of thiazole rings is 1. The Labute approximate surface area is 253 Å². The normalized spacial score (nSPS) is 20.5. The van der Waals surface area contributed by atoms with Gasteiger partial charge in [0.05, 0.1) is 16.3 Å². The minimum atomic E-state index is -1.54. The van der Waals surface area contributed by atoms with Crippen molar-refractivity contribution in [3.63, 3.8) is 0 Å². The quantitative estimate of drug-likeness (QED) is 0.0682. The Morgan fingerprint density at radius 2 is 1.90 bits per heavy atom. The zero-order chi connectivity index (χ0) is 30.2. The van der Waals surface area contributed by atoms with Gasteiger partial charge in [0.2, 0.25) is 11.5 Å². The second kappa shape index (κ2) is 12.7. The van der Waals surface area contributed by atoms with Crippen LogP contribution in [-0.4, -0.2) is 81.7 Å². The number of β-lactam (4-membered cyclic amide) rings is 1. The summed E-state index contributed by atoms with van der Waals surface area (Å²) in [7, 11) is 4.16. The number of aryl methyl sites for hydroxylation is 1. The fraction of sp³-hybridized carbons (Fsp3) is 0.583. The van der Waals surface area contributed by atoms with Crippen LogP contribution in [0.15, 0.2) is 16.4 Å². The van der Waals surface area contributed by atoms with E-state index in [1.807, 2.05) is 0 Å². The number of ketones is 1. The van der Waals surface area contributed by atoms with Crippen molar-refractivity contribution in [1.82, 2.24) is 9.88 Å². The highest BCUT2D eigenvalue weighted by atomic mass is 35.5. The Morgan fingerprint density at radius 3 is 2.42 bits per heavy atom. The molecule has 2 radical (unpaired) electrons. The molecule has 2 aliphatic rings. The molecule has 40 heavy (non-hydrogen) atoms. The molecule has 3 atom stereocenters. The van der Waals surface area contributed by atoms with Gasteiger partial charge in [0.25, 0.3) is 0 Å². The van der Waals surface area contributed by atoms with Crippen molar-refractivity contribution in [1.29, 1.82) is 0 Å². The second-order valence-electron chi connectivity index (χ2n) is 10.6. The van der Waals surface area contributed by atoms with E-state index in [1.165, 1.54) is 30.5 Å². The number of rotatable bonds is 10. The molecular formula is C24H29BCl2N3O7PS2. The molecule has 1 fully saturated rings.